The molecule has 0 bridgehead atoms. The van der Waals surface area contributed by atoms with Crippen LogP contribution in [0.5, 0.6) is 0 Å². The van der Waals surface area contributed by atoms with Crippen molar-refractivity contribution in [3.8, 4) is 0 Å². The highest BCUT2D eigenvalue weighted by atomic mass is 35.5. The first-order valence-corrected chi connectivity index (χ1v) is 4.48. The molecule has 0 N–H and O–H groups in total. The maximum Gasteiger partial charge on any atom is 0.193 e. The Hall–Kier alpha value is -0.670. The van der Waals surface area contributed by atoms with Crippen molar-refractivity contribution in [1.29, 1.82) is 0 Å². The number of Topliss-reactive ketones (excluding diaryl/α,β-unsaturated/α-hetero) is 2. The highest BCUT2D eigenvalue weighted by Gasteiger charge is 2.24. The summed E-state index contributed by atoms with van der Waals surface area (Å²) in [5.74, 6) is -0.462. The fourth-order valence-corrected chi connectivity index (χ4v) is 1.66. The number of methoxy groups -OCH3 is 1. The monoisotopic (exact) mass is 202 g/mol. The zero-order chi connectivity index (χ0) is 9.84. The lowest BCUT2D eigenvalue weighted by Gasteiger charge is -2.13. The van der Waals surface area contributed by atoms with Gasteiger partial charge in [0.1, 0.15) is 6.61 Å². The molecule has 1 aliphatic carbocycles. The van der Waals surface area contributed by atoms with E-state index in [9.17, 15) is 9.59 Å². The van der Waals surface area contributed by atoms with Crippen molar-refractivity contribution in [2.45, 2.75) is 19.3 Å². The van der Waals surface area contributed by atoms with E-state index in [2.05, 4.69) is 4.74 Å². The number of rotatable bonds is 3. The van der Waals surface area contributed by atoms with Crippen LogP contribution in [0.25, 0.3) is 0 Å². The number of allylic oxidation sites excluding steroid dienone is 1. The quantitative estimate of drug-likeness (QED) is 0.651. The molecule has 0 heterocycles. The average Bonchev–Trinajstić information content (AvgIpc) is 2.04. The Balaban J connectivity index is 2.85. The van der Waals surface area contributed by atoms with E-state index >= 15 is 0 Å². The number of ether oxygens (including phenoxy) is 1. The van der Waals surface area contributed by atoms with Gasteiger partial charge in [-0.1, -0.05) is 11.6 Å². The number of hydrogen-bond donors (Lipinski definition) is 0. The van der Waals surface area contributed by atoms with Gasteiger partial charge in [0.25, 0.3) is 0 Å². The van der Waals surface area contributed by atoms with Crippen LogP contribution in [-0.4, -0.2) is 25.3 Å². The summed E-state index contributed by atoms with van der Waals surface area (Å²) in [6.07, 6.45) is 1.78. The molecule has 0 radical (unpaired) electrons. The van der Waals surface area contributed by atoms with Crippen molar-refractivity contribution in [2.75, 3.05) is 13.7 Å². The smallest absolute Gasteiger partial charge is 0.193 e. The molecule has 0 aromatic rings. The van der Waals surface area contributed by atoms with Gasteiger partial charge in [-0.15, -0.1) is 0 Å². The summed E-state index contributed by atoms with van der Waals surface area (Å²) in [6, 6.07) is 0. The molecule has 0 spiro atoms. The van der Waals surface area contributed by atoms with Crippen molar-refractivity contribution in [1.82, 2.24) is 0 Å². The summed E-state index contributed by atoms with van der Waals surface area (Å²) in [4.78, 5) is 22.6. The fraction of sp³-hybridized carbons (Fsp3) is 0.556. The van der Waals surface area contributed by atoms with Crippen LogP contribution in [0, 0.1) is 0 Å². The first-order valence-electron chi connectivity index (χ1n) is 4.10. The molecule has 0 saturated carbocycles. The Morgan fingerprint density at radius 2 is 2.23 bits per heavy atom. The largest absolute Gasteiger partial charge is 0.377 e. The number of carbonyl (C=O) groups excluding carboxylic acids is 2. The lowest BCUT2D eigenvalue weighted by atomic mass is 9.95. The molecule has 4 heteroatoms. The maximum atomic E-state index is 11.3. The standard InChI is InChI=1S/C9H11ClO3/c1-13-5-8(12)9-6(10)3-2-4-7(9)11/h2-5H2,1H3. The van der Waals surface area contributed by atoms with Crippen molar-refractivity contribution >= 4 is 23.2 Å². The van der Waals surface area contributed by atoms with Crippen molar-refractivity contribution in [2.24, 2.45) is 0 Å². The second-order valence-electron chi connectivity index (χ2n) is 2.91. The molecule has 0 aromatic carbocycles. The van der Waals surface area contributed by atoms with E-state index < -0.39 is 0 Å². The molecular weight excluding hydrogens is 192 g/mol. The molecule has 0 amide bonds. The van der Waals surface area contributed by atoms with Crippen molar-refractivity contribution in [3.05, 3.63) is 10.6 Å². The van der Waals surface area contributed by atoms with E-state index in [0.29, 0.717) is 17.9 Å². The zero-order valence-electron chi connectivity index (χ0n) is 7.43. The molecule has 1 aliphatic rings. The van der Waals surface area contributed by atoms with Crippen LogP contribution in [0.4, 0.5) is 0 Å². The molecule has 0 fully saturated rings. The third kappa shape index (κ3) is 2.39. The molecule has 0 saturated heterocycles. The molecular formula is C9H11ClO3. The van der Waals surface area contributed by atoms with Crippen LogP contribution in [0.15, 0.2) is 10.6 Å². The van der Waals surface area contributed by atoms with Gasteiger partial charge in [0.15, 0.2) is 11.6 Å². The van der Waals surface area contributed by atoms with Crippen LogP contribution in [0.1, 0.15) is 19.3 Å². The second kappa shape index (κ2) is 4.53. The summed E-state index contributed by atoms with van der Waals surface area (Å²) >= 11 is 5.79. The van der Waals surface area contributed by atoms with Gasteiger partial charge >= 0.3 is 0 Å². The predicted molar refractivity (Wildman–Crippen MR) is 48.6 cm³/mol. The molecule has 1 rings (SSSR count). The van der Waals surface area contributed by atoms with Crippen LogP contribution >= 0.6 is 11.6 Å². The Morgan fingerprint density at radius 1 is 1.54 bits per heavy atom. The average molecular weight is 203 g/mol. The minimum atomic E-state index is -0.308. The minimum absolute atomic E-state index is 0.0721. The van der Waals surface area contributed by atoms with Gasteiger partial charge in [0, 0.05) is 18.6 Å². The fourth-order valence-electron chi connectivity index (χ4n) is 1.32. The summed E-state index contributed by atoms with van der Waals surface area (Å²) < 4.78 is 4.66. The molecule has 0 unspecified atom stereocenters. The van der Waals surface area contributed by atoms with Crippen LogP contribution in [-0.2, 0) is 14.3 Å². The van der Waals surface area contributed by atoms with Crippen LogP contribution < -0.4 is 0 Å². The Bertz CT molecular complexity index is 268. The summed E-state index contributed by atoms with van der Waals surface area (Å²) in [5.41, 5.74) is 0.148. The van der Waals surface area contributed by atoms with Gasteiger partial charge in [-0.25, -0.2) is 0 Å². The maximum absolute atomic E-state index is 11.3. The van der Waals surface area contributed by atoms with Crippen LogP contribution in [0.3, 0.4) is 0 Å². The van der Waals surface area contributed by atoms with Gasteiger partial charge < -0.3 is 4.74 Å². The number of hydrogen-bond acceptors (Lipinski definition) is 3. The van der Waals surface area contributed by atoms with Crippen molar-refractivity contribution < 1.29 is 14.3 Å². The molecule has 0 atom stereocenters. The molecule has 0 aromatic heterocycles. The van der Waals surface area contributed by atoms with Crippen LogP contribution in [0.2, 0.25) is 0 Å². The van der Waals surface area contributed by atoms with Gasteiger partial charge in [0.2, 0.25) is 0 Å². The second-order valence-corrected chi connectivity index (χ2v) is 3.37. The van der Waals surface area contributed by atoms with Gasteiger partial charge in [0.05, 0.1) is 5.57 Å². The molecule has 72 valence electrons. The van der Waals surface area contributed by atoms with E-state index in [1.807, 2.05) is 0 Å². The first-order chi connectivity index (χ1) is 6.16. The van der Waals surface area contributed by atoms with E-state index in [-0.39, 0.29) is 23.7 Å². The van der Waals surface area contributed by atoms with E-state index in [1.54, 1.807) is 0 Å². The van der Waals surface area contributed by atoms with E-state index in [4.69, 9.17) is 11.6 Å². The lowest BCUT2D eigenvalue weighted by molar-refractivity contribution is -0.123. The topological polar surface area (TPSA) is 43.4 Å². The number of halogens is 1. The van der Waals surface area contributed by atoms with Gasteiger partial charge in [-0.2, -0.15) is 0 Å². The number of carbonyl (C=O) groups is 2. The zero-order valence-corrected chi connectivity index (χ0v) is 8.19. The SMILES string of the molecule is COCC(=O)C1=C(Cl)CCCC1=O. The summed E-state index contributed by atoms with van der Waals surface area (Å²) in [6.45, 7) is -0.0721. The third-order valence-corrected chi connectivity index (χ3v) is 2.28. The van der Waals surface area contributed by atoms with E-state index in [0.717, 1.165) is 6.42 Å². The summed E-state index contributed by atoms with van der Waals surface area (Å²) in [5, 5.41) is 0.387. The Labute approximate surface area is 81.7 Å². The van der Waals surface area contributed by atoms with Gasteiger partial charge in [-0.05, 0) is 12.8 Å². The predicted octanol–water partition coefficient (Wildman–Crippen LogP) is 1.45. The first kappa shape index (κ1) is 10.4. The van der Waals surface area contributed by atoms with Crippen molar-refractivity contribution in [3.63, 3.8) is 0 Å². The highest BCUT2D eigenvalue weighted by molar-refractivity contribution is 6.37. The highest BCUT2D eigenvalue weighted by Crippen LogP contribution is 2.25. The van der Waals surface area contributed by atoms with Gasteiger partial charge in [-0.3, -0.25) is 9.59 Å². The third-order valence-electron chi connectivity index (χ3n) is 1.90. The molecule has 0 aliphatic heterocycles. The van der Waals surface area contributed by atoms with E-state index in [1.165, 1.54) is 7.11 Å². The summed E-state index contributed by atoms with van der Waals surface area (Å²) in [7, 11) is 1.42. The Morgan fingerprint density at radius 3 is 2.77 bits per heavy atom. The molecule has 13 heavy (non-hydrogen) atoms. The molecule has 3 nitrogen and oxygen atoms in total. The Kier molecular flexibility index (Phi) is 3.63. The number of ketones is 2. The lowest BCUT2D eigenvalue weighted by Crippen LogP contribution is -2.21. The normalized spacial score (nSPS) is 17.8. The minimum Gasteiger partial charge on any atom is -0.377 e.